The van der Waals surface area contributed by atoms with Crippen molar-refractivity contribution in [3.8, 4) is 0 Å². The summed E-state index contributed by atoms with van der Waals surface area (Å²) in [6.45, 7) is 6.25. The lowest BCUT2D eigenvalue weighted by atomic mass is 10.1. The second-order valence-electron chi connectivity index (χ2n) is 5.42. The minimum atomic E-state index is 0.185. The average molecular weight is 275 g/mol. The minimum absolute atomic E-state index is 0.185. The molecule has 1 fully saturated rings. The molecule has 0 bridgehead atoms. The van der Waals surface area contributed by atoms with E-state index < -0.39 is 0 Å². The Kier molecular flexibility index (Phi) is 3.82. The van der Waals surface area contributed by atoms with Gasteiger partial charge in [0.2, 0.25) is 5.89 Å². The molecule has 0 aromatic carbocycles. The van der Waals surface area contributed by atoms with E-state index in [1.807, 2.05) is 23.1 Å². The molecule has 0 amide bonds. The summed E-state index contributed by atoms with van der Waals surface area (Å²) in [6.07, 6.45) is 7.00. The molecule has 6 nitrogen and oxygen atoms in total. The van der Waals surface area contributed by atoms with Crippen molar-refractivity contribution in [3.63, 3.8) is 0 Å². The second kappa shape index (κ2) is 5.75. The molecule has 1 saturated heterocycles. The van der Waals surface area contributed by atoms with Gasteiger partial charge in [-0.3, -0.25) is 9.58 Å². The summed E-state index contributed by atoms with van der Waals surface area (Å²) in [5.74, 6) is 1.56. The molecule has 1 atom stereocenters. The molecule has 2 aromatic rings. The molecular formula is C14H21N5O. The summed E-state index contributed by atoms with van der Waals surface area (Å²) < 4.78 is 7.40. The molecule has 1 aliphatic heterocycles. The number of aryl methyl sites for hydroxylation is 1. The van der Waals surface area contributed by atoms with E-state index in [4.69, 9.17) is 4.52 Å². The van der Waals surface area contributed by atoms with Gasteiger partial charge in [-0.2, -0.15) is 10.1 Å². The van der Waals surface area contributed by atoms with Crippen LogP contribution in [-0.2, 0) is 6.42 Å². The van der Waals surface area contributed by atoms with Crippen LogP contribution >= 0.6 is 0 Å². The standard InChI is InChI=1S/C14H21N5O/c1-3-4-6-13-16-14(20-17-13)11(2)18-9-12(10-18)19-8-5-7-15-19/h5,7-8,11-12H,3-4,6,9-10H2,1-2H3/t11-/m0/s1. The van der Waals surface area contributed by atoms with Crippen LogP contribution in [0.3, 0.4) is 0 Å². The number of hydrogen-bond acceptors (Lipinski definition) is 5. The Morgan fingerprint density at radius 1 is 1.45 bits per heavy atom. The number of aromatic nitrogens is 4. The largest absolute Gasteiger partial charge is 0.338 e. The Balaban J connectivity index is 1.55. The van der Waals surface area contributed by atoms with Gasteiger partial charge in [0.25, 0.3) is 0 Å². The quantitative estimate of drug-likeness (QED) is 0.809. The molecule has 2 aromatic heterocycles. The van der Waals surface area contributed by atoms with E-state index >= 15 is 0 Å². The summed E-state index contributed by atoms with van der Waals surface area (Å²) in [7, 11) is 0. The fourth-order valence-corrected chi connectivity index (χ4v) is 2.50. The lowest BCUT2D eigenvalue weighted by molar-refractivity contribution is 0.0456. The minimum Gasteiger partial charge on any atom is -0.338 e. The Morgan fingerprint density at radius 2 is 2.30 bits per heavy atom. The van der Waals surface area contributed by atoms with Gasteiger partial charge < -0.3 is 4.52 Å². The van der Waals surface area contributed by atoms with E-state index in [0.717, 1.165) is 44.1 Å². The predicted molar refractivity (Wildman–Crippen MR) is 74.2 cm³/mol. The SMILES string of the molecule is CCCCc1noc([C@H](C)N2CC(n3cccn3)C2)n1. The normalized spacial score (nSPS) is 18.1. The molecule has 0 unspecified atom stereocenters. The summed E-state index contributed by atoms with van der Waals surface area (Å²) in [5, 5.41) is 8.34. The molecule has 0 saturated carbocycles. The van der Waals surface area contributed by atoms with Crippen molar-refractivity contribution >= 4 is 0 Å². The highest BCUT2D eigenvalue weighted by Gasteiger charge is 2.34. The summed E-state index contributed by atoms with van der Waals surface area (Å²) in [6, 6.07) is 2.61. The zero-order valence-corrected chi connectivity index (χ0v) is 12.1. The first-order valence-corrected chi connectivity index (χ1v) is 7.33. The number of likely N-dealkylation sites (tertiary alicyclic amines) is 1. The van der Waals surface area contributed by atoms with Crippen molar-refractivity contribution in [2.75, 3.05) is 13.1 Å². The predicted octanol–water partition coefficient (Wildman–Crippen LogP) is 2.23. The van der Waals surface area contributed by atoms with Gasteiger partial charge in [-0.05, 0) is 19.4 Å². The fraction of sp³-hybridized carbons (Fsp3) is 0.643. The number of rotatable bonds is 6. The van der Waals surface area contributed by atoms with E-state index in [-0.39, 0.29) is 6.04 Å². The van der Waals surface area contributed by atoms with E-state index in [1.54, 1.807) is 0 Å². The summed E-state index contributed by atoms with van der Waals surface area (Å²) in [5.41, 5.74) is 0. The van der Waals surface area contributed by atoms with E-state index in [2.05, 4.69) is 34.0 Å². The highest BCUT2D eigenvalue weighted by molar-refractivity contribution is 4.98. The van der Waals surface area contributed by atoms with E-state index in [9.17, 15) is 0 Å². The van der Waals surface area contributed by atoms with Crippen molar-refractivity contribution in [1.29, 1.82) is 0 Å². The third-order valence-electron chi connectivity index (χ3n) is 3.93. The summed E-state index contributed by atoms with van der Waals surface area (Å²) in [4.78, 5) is 6.83. The monoisotopic (exact) mass is 275 g/mol. The van der Waals surface area contributed by atoms with Crippen molar-refractivity contribution in [1.82, 2.24) is 24.8 Å². The molecule has 20 heavy (non-hydrogen) atoms. The second-order valence-corrected chi connectivity index (χ2v) is 5.42. The Hall–Kier alpha value is -1.69. The average Bonchev–Trinajstić information content (AvgIpc) is 3.05. The van der Waals surface area contributed by atoms with Gasteiger partial charge in [0.1, 0.15) is 0 Å². The van der Waals surface area contributed by atoms with E-state index in [0.29, 0.717) is 6.04 Å². The first-order chi connectivity index (χ1) is 9.78. The molecule has 6 heteroatoms. The maximum atomic E-state index is 5.38. The fourth-order valence-electron chi connectivity index (χ4n) is 2.50. The van der Waals surface area contributed by atoms with Gasteiger partial charge >= 0.3 is 0 Å². The van der Waals surface area contributed by atoms with Crippen LogP contribution in [0.5, 0.6) is 0 Å². The van der Waals surface area contributed by atoms with Crippen LogP contribution in [0.4, 0.5) is 0 Å². The third-order valence-corrected chi connectivity index (χ3v) is 3.93. The highest BCUT2D eigenvalue weighted by atomic mass is 16.5. The Labute approximate surface area is 118 Å². The first-order valence-electron chi connectivity index (χ1n) is 7.33. The van der Waals surface area contributed by atoms with Crippen molar-refractivity contribution < 1.29 is 4.52 Å². The molecule has 0 spiro atoms. The van der Waals surface area contributed by atoms with Crippen molar-refractivity contribution in [2.24, 2.45) is 0 Å². The van der Waals surface area contributed by atoms with Gasteiger partial charge in [-0.1, -0.05) is 18.5 Å². The van der Waals surface area contributed by atoms with Crippen molar-refractivity contribution in [3.05, 3.63) is 30.2 Å². The van der Waals surface area contributed by atoms with Crippen LogP contribution in [-0.4, -0.2) is 37.9 Å². The van der Waals surface area contributed by atoms with Crippen LogP contribution in [0.25, 0.3) is 0 Å². The van der Waals surface area contributed by atoms with Crippen LogP contribution in [0.1, 0.15) is 50.5 Å². The topological polar surface area (TPSA) is 60.0 Å². The first kappa shape index (κ1) is 13.3. The van der Waals surface area contributed by atoms with Gasteiger partial charge in [0.05, 0.1) is 12.1 Å². The molecule has 1 aliphatic rings. The van der Waals surface area contributed by atoms with Crippen LogP contribution in [0.15, 0.2) is 23.0 Å². The lowest BCUT2D eigenvalue weighted by Gasteiger charge is -2.41. The molecule has 3 heterocycles. The molecular weight excluding hydrogens is 254 g/mol. The maximum Gasteiger partial charge on any atom is 0.243 e. The Bertz CT molecular complexity index is 530. The zero-order chi connectivity index (χ0) is 13.9. The molecule has 0 N–H and O–H groups in total. The van der Waals surface area contributed by atoms with Crippen LogP contribution in [0, 0.1) is 0 Å². The van der Waals surface area contributed by atoms with Gasteiger partial charge in [0.15, 0.2) is 5.82 Å². The molecule has 108 valence electrons. The van der Waals surface area contributed by atoms with Gasteiger partial charge in [0, 0.05) is 31.9 Å². The lowest BCUT2D eigenvalue weighted by Crippen LogP contribution is -2.48. The van der Waals surface area contributed by atoms with E-state index in [1.165, 1.54) is 0 Å². The summed E-state index contributed by atoms with van der Waals surface area (Å²) >= 11 is 0. The third kappa shape index (κ3) is 2.60. The van der Waals surface area contributed by atoms with Gasteiger partial charge in [-0.25, -0.2) is 0 Å². The van der Waals surface area contributed by atoms with Crippen molar-refractivity contribution in [2.45, 2.75) is 45.2 Å². The van der Waals surface area contributed by atoms with Crippen LogP contribution < -0.4 is 0 Å². The van der Waals surface area contributed by atoms with Gasteiger partial charge in [-0.15, -0.1) is 0 Å². The Morgan fingerprint density at radius 3 is 3.00 bits per heavy atom. The number of nitrogens with zero attached hydrogens (tertiary/aromatic N) is 5. The molecule has 0 radical (unpaired) electrons. The maximum absolute atomic E-state index is 5.38. The number of hydrogen-bond donors (Lipinski definition) is 0. The van der Waals surface area contributed by atoms with Crippen LogP contribution in [0.2, 0.25) is 0 Å². The number of unbranched alkanes of at least 4 members (excludes halogenated alkanes) is 1. The smallest absolute Gasteiger partial charge is 0.243 e. The molecule has 3 rings (SSSR count). The molecule has 0 aliphatic carbocycles. The zero-order valence-electron chi connectivity index (χ0n) is 12.1. The highest BCUT2D eigenvalue weighted by Crippen LogP contribution is 2.29.